The molecule has 6 saturated heterocycles. The summed E-state index contributed by atoms with van der Waals surface area (Å²) in [5.74, 6) is -7.45. The van der Waals surface area contributed by atoms with Crippen LogP contribution in [0.3, 0.4) is 0 Å². The van der Waals surface area contributed by atoms with E-state index in [9.17, 15) is 57.5 Å². The maximum atomic E-state index is 11.5. The molecule has 0 N–H and O–H groups in total. The van der Waals surface area contributed by atoms with Crippen molar-refractivity contribution in [3.63, 3.8) is 0 Å². The second kappa shape index (κ2) is 13.2. The SMILES string of the molecule is O=C1OC(=O)C2C(CC3CC4C(=O)OC(=O)C34)CC12.O=C1OC(=O)C2C(CC3CC4C(=O)OC(=O)C34)CC12.O=C1OC(=O)C2C(CCC3CC4C(=O)OC(=O)C34)CC12. The number of hydrogen-bond acceptors (Lipinski definition) is 18. The maximum Gasteiger partial charge on any atom is 0.317 e. The second-order valence-electron chi connectivity index (χ2n) is 18.3. The fourth-order valence-electron chi connectivity index (χ4n) is 12.3. The minimum Gasteiger partial charge on any atom is -0.393 e. The Balaban J connectivity index is 0.000000106. The van der Waals surface area contributed by atoms with Crippen LogP contribution < -0.4 is 0 Å². The van der Waals surface area contributed by atoms with Crippen molar-refractivity contribution in [3.8, 4) is 0 Å². The predicted molar refractivity (Wildman–Crippen MR) is 176 cm³/mol. The lowest BCUT2D eigenvalue weighted by Crippen LogP contribution is -2.45. The topological polar surface area (TPSA) is 260 Å². The molecule has 18 atom stereocenters. The molecule has 18 unspecified atom stereocenters. The zero-order valence-corrected chi connectivity index (χ0v) is 30.8. The van der Waals surface area contributed by atoms with Gasteiger partial charge in [-0.3, -0.25) is 57.5 Å². The number of fused-ring (bicyclic) bond motifs is 6. The quantitative estimate of drug-likeness (QED) is 0.193. The number of carbonyl (C=O) groups is 12. The molecule has 0 bridgehead atoms. The Hall–Kier alpha value is -5.16. The molecule has 12 rings (SSSR count). The molecule has 0 aromatic carbocycles. The minimum absolute atomic E-state index is 0.110. The molecule has 0 aromatic heterocycles. The molecule has 0 radical (unpaired) electrons. The van der Waals surface area contributed by atoms with Crippen molar-refractivity contribution in [3.05, 3.63) is 0 Å². The zero-order valence-electron chi connectivity index (χ0n) is 30.8. The molecule has 58 heavy (non-hydrogen) atoms. The van der Waals surface area contributed by atoms with Crippen LogP contribution in [0, 0.1) is 107 Å². The Bertz CT molecular complexity index is 1800. The van der Waals surface area contributed by atoms with Gasteiger partial charge in [0.25, 0.3) is 0 Å². The van der Waals surface area contributed by atoms with Crippen LogP contribution in [-0.2, 0) is 86.0 Å². The monoisotopic (exact) mass is 806 g/mol. The van der Waals surface area contributed by atoms with Crippen molar-refractivity contribution in [1.29, 1.82) is 0 Å². The highest BCUT2D eigenvalue weighted by atomic mass is 16.6. The average molecular weight is 807 g/mol. The predicted octanol–water partition coefficient (Wildman–Crippen LogP) is 0.534. The molecule has 6 aliphatic heterocycles. The zero-order chi connectivity index (χ0) is 40.6. The van der Waals surface area contributed by atoms with Crippen molar-refractivity contribution in [2.24, 2.45) is 107 Å². The van der Waals surface area contributed by atoms with Gasteiger partial charge in [-0.15, -0.1) is 0 Å². The minimum atomic E-state index is -0.424. The lowest BCUT2D eigenvalue weighted by atomic mass is 9.57. The molecule has 18 nitrogen and oxygen atoms in total. The molecule has 6 heterocycles. The Morgan fingerprint density at radius 3 is 0.621 bits per heavy atom. The third-order valence-corrected chi connectivity index (χ3v) is 15.8. The smallest absolute Gasteiger partial charge is 0.317 e. The number of cyclic esters (lactones) is 12. The van der Waals surface area contributed by atoms with Crippen molar-refractivity contribution >= 4 is 71.6 Å². The van der Waals surface area contributed by atoms with E-state index in [4.69, 9.17) is 0 Å². The third kappa shape index (κ3) is 5.48. The molecule has 6 saturated carbocycles. The molecule has 0 amide bonds. The van der Waals surface area contributed by atoms with E-state index in [0.29, 0.717) is 51.4 Å². The van der Waals surface area contributed by atoms with E-state index in [1.165, 1.54) is 0 Å². The summed E-state index contributed by atoms with van der Waals surface area (Å²) < 4.78 is 27.7. The van der Waals surface area contributed by atoms with Crippen LogP contribution in [0.4, 0.5) is 0 Å². The van der Waals surface area contributed by atoms with Crippen LogP contribution in [0.25, 0.3) is 0 Å². The first-order valence-corrected chi connectivity index (χ1v) is 20.2. The number of carbonyl (C=O) groups excluding carboxylic acids is 12. The summed E-state index contributed by atoms with van der Waals surface area (Å²) in [4.78, 5) is 137. The highest BCUT2D eigenvalue weighted by molar-refractivity contribution is 6.01. The summed E-state index contributed by atoms with van der Waals surface area (Å²) in [6, 6.07) is 0. The first-order chi connectivity index (χ1) is 27.7. The van der Waals surface area contributed by atoms with Crippen molar-refractivity contribution in [2.75, 3.05) is 0 Å². The number of hydrogen-bond donors (Lipinski definition) is 0. The van der Waals surface area contributed by atoms with Gasteiger partial charge in [0, 0.05) is 0 Å². The second-order valence-corrected chi connectivity index (χ2v) is 18.3. The Morgan fingerprint density at radius 1 is 0.259 bits per heavy atom. The lowest BCUT2D eigenvalue weighted by molar-refractivity contribution is -0.155. The standard InChI is InChI=1S/C14H14O6.2C13H12O6/c15-11-7-3-5(9(7)13(17)19-11)1-2-6-4-8-10(6)14(18)20-12(8)16;2*14-10-6-2-4(8(6)12(16)18-10)1-5-3-7-9(5)13(17)19-11(7)15/h5-10H,1-4H2;2*4-9H,1-3H2. The van der Waals surface area contributed by atoms with Gasteiger partial charge >= 0.3 is 71.6 Å². The summed E-state index contributed by atoms with van der Waals surface area (Å²) >= 11 is 0. The van der Waals surface area contributed by atoms with Gasteiger partial charge in [0.15, 0.2) is 0 Å². The summed E-state index contributed by atoms with van der Waals surface area (Å²) in [6.07, 6.45) is 7.06. The van der Waals surface area contributed by atoms with Gasteiger partial charge in [-0.1, -0.05) is 0 Å². The fraction of sp³-hybridized carbons (Fsp3) is 0.700. The fourth-order valence-corrected chi connectivity index (χ4v) is 12.3. The van der Waals surface area contributed by atoms with Crippen LogP contribution in [-0.4, -0.2) is 71.6 Å². The van der Waals surface area contributed by atoms with E-state index in [1.54, 1.807) is 0 Å². The van der Waals surface area contributed by atoms with Gasteiger partial charge in [-0.05, 0) is 99.7 Å². The highest BCUT2D eigenvalue weighted by Gasteiger charge is 2.64. The van der Waals surface area contributed by atoms with Gasteiger partial charge in [0.1, 0.15) is 0 Å². The molecule has 0 spiro atoms. The van der Waals surface area contributed by atoms with Crippen molar-refractivity contribution < 1.29 is 86.0 Å². The van der Waals surface area contributed by atoms with E-state index >= 15 is 0 Å². The summed E-state index contributed by atoms with van der Waals surface area (Å²) in [6.45, 7) is 0. The maximum absolute atomic E-state index is 11.5. The number of esters is 12. The average Bonchev–Trinajstić information content (AvgIpc) is 3.73. The van der Waals surface area contributed by atoms with Crippen LogP contribution in [0.2, 0.25) is 0 Å². The Morgan fingerprint density at radius 2 is 0.431 bits per heavy atom. The van der Waals surface area contributed by atoms with E-state index in [1.807, 2.05) is 0 Å². The number of ether oxygens (including phenoxy) is 6. The van der Waals surface area contributed by atoms with Gasteiger partial charge in [0.2, 0.25) is 0 Å². The molecule has 18 heteroatoms. The highest BCUT2D eigenvalue weighted by Crippen LogP contribution is 2.57. The normalized spacial score (nSPS) is 46.3. The summed E-state index contributed by atoms with van der Waals surface area (Å²) in [5, 5.41) is 0. The van der Waals surface area contributed by atoms with Crippen LogP contribution >= 0.6 is 0 Å². The molecule has 6 aliphatic carbocycles. The summed E-state index contributed by atoms with van der Waals surface area (Å²) in [5.41, 5.74) is 0. The van der Waals surface area contributed by atoms with E-state index in [0.717, 1.165) is 12.8 Å². The molecule has 306 valence electrons. The van der Waals surface area contributed by atoms with Crippen molar-refractivity contribution in [1.82, 2.24) is 0 Å². The van der Waals surface area contributed by atoms with Crippen LogP contribution in [0.15, 0.2) is 0 Å². The van der Waals surface area contributed by atoms with Crippen molar-refractivity contribution in [2.45, 2.75) is 64.2 Å². The van der Waals surface area contributed by atoms with E-state index < -0.39 is 59.7 Å². The Kier molecular flexibility index (Phi) is 8.44. The molecule has 12 aliphatic rings. The van der Waals surface area contributed by atoms with Crippen LogP contribution in [0.5, 0.6) is 0 Å². The van der Waals surface area contributed by atoms with Gasteiger partial charge in [-0.25, -0.2) is 0 Å². The van der Waals surface area contributed by atoms with Crippen LogP contribution in [0.1, 0.15) is 64.2 Å². The molecule has 0 aromatic rings. The van der Waals surface area contributed by atoms with E-state index in [2.05, 4.69) is 28.4 Å². The third-order valence-electron chi connectivity index (χ3n) is 15.8. The lowest BCUT2D eigenvalue weighted by Gasteiger charge is -2.42. The molecular weight excluding hydrogens is 768 g/mol. The first-order valence-electron chi connectivity index (χ1n) is 20.2. The molecule has 12 fully saturated rings. The first kappa shape index (κ1) is 37.1. The number of rotatable bonds is 7. The summed E-state index contributed by atoms with van der Waals surface area (Å²) in [7, 11) is 0. The van der Waals surface area contributed by atoms with Gasteiger partial charge < -0.3 is 28.4 Å². The van der Waals surface area contributed by atoms with E-state index in [-0.39, 0.29) is 118 Å². The Labute approximate surface area is 328 Å². The largest absolute Gasteiger partial charge is 0.393 e. The van der Waals surface area contributed by atoms with Gasteiger partial charge in [0.05, 0.1) is 71.0 Å². The van der Waals surface area contributed by atoms with Gasteiger partial charge in [-0.2, -0.15) is 0 Å². The molecular formula is C40H38O18.